The number of imide groups is 1. The summed E-state index contributed by atoms with van der Waals surface area (Å²) in [4.78, 5) is 41.5. The van der Waals surface area contributed by atoms with Gasteiger partial charge in [0.2, 0.25) is 0 Å². The number of aliphatic imine (C=N–C) groups is 1. The first-order valence-corrected chi connectivity index (χ1v) is 11.3. The highest BCUT2D eigenvalue weighted by molar-refractivity contribution is 7.90. The number of hydrogen-bond acceptors (Lipinski definition) is 6. The lowest BCUT2D eigenvalue weighted by Gasteiger charge is -2.21. The molecule has 10 nitrogen and oxygen atoms in total. The number of benzene rings is 2. The Kier molecular flexibility index (Phi) is 5.43. The maximum Gasteiger partial charge on any atom is 0.344 e. The van der Waals surface area contributed by atoms with Crippen molar-refractivity contribution in [3.05, 3.63) is 65.7 Å². The summed E-state index contributed by atoms with van der Waals surface area (Å²) in [6.45, 7) is 1.12. The number of fused-ring (bicyclic) bond motifs is 1. The zero-order valence-electron chi connectivity index (χ0n) is 17.2. The third-order valence-electron chi connectivity index (χ3n) is 5.30. The van der Waals surface area contributed by atoms with E-state index in [1.807, 2.05) is 30.3 Å². The van der Waals surface area contributed by atoms with E-state index in [1.54, 1.807) is 25.1 Å². The molecule has 0 unspecified atom stereocenters. The second kappa shape index (κ2) is 8.08. The summed E-state index contributed by atoms with van der Waals surface area (Å²) in [5, 5.41) is 3.26. The Labute approximate surface area is 184 Å². The zero-order chi connectivity index (χ0) is 22.9. The van der Waals surface area contributed by atoms with Gasteiger partial charge in [-0.05, 0) is 37.5 Å². The molecule has 3 N–H and O–H groups in total. The Morgan fingerprint density at radius 2 is 1.78 bits per heavy atom. The number of urea groups is 1. The molecule has 2 heterocycles. The minimum Gasteiger partial charge on any atom is -0.322 e. The van der Waals surface area contributed by atoms with Gasteiger partial charge in [-0.3, -0.25) is 24.7 Å². The highest BCUT2D eigenvalue weighted by Crippen LogP contribution is 2.23. The topological polar surface area (TPSA) is 137 Å². The second-order valence-electron chi connectivity index (χ2n) is 7.69. The van der Waals surface area contributed by atoms with Crippen molar-refractivity contribution >= 4 is 33.7 Å². The Balaban J connectivity index is 1.40. The van der Waals surface area contributed by atoms with Crippen LogP contribution in [0.15, 0.2) is 64.5 Å². The monoisotopic (exact) mass is 455 g/mol. The van der Waals surface area contributed by atoms with Crippen molar-refractivity contribution in [2.75, 3.05) is 6.54 Å². The number of amidine groups is 1. The van der Waals surface area contributed by atoms with Gasteiger partial charge in [0.15, 0.2) is 0 Å². The van der Waals surface area contributed by atoms with Crippen LogP contribution in [0, 0.1) is 0 Å². The molecule has 2 aliphatic heterocycles. The number of nitrogens with zero attached hydrogens (tertiary/aromatic N) is 2. The average Bonchev–Trinajstić information content (AvgIpc) is 3.16. The van der Waals surface area contributed by atoms with E-state index >= 15 is 0 Å². The number of hydrazine groups is 1. The third kappa shape index (κ3) is 4.06. The summed E-state index contributed by atoms with van der Waals surface area (Å²) in [6, 6.07) is 15.0. The number of carbonyl (C=O) groups is 3. The molecule has 4 amide bonds. The second-order valence-corrected chi connectivity index (χ2v) is 9.34. The first kappa shape index (κ1) is 21.5. The lowest BCUT2D eigenvalue weighted by molar-refractivity contribution is -0.138. The fourth-order valence-corrected chi connectivity index (χ4v) is 4.81. The quantitative estimate of drug-likeness (QED) is 0.551. The van der Waals surface area contributed by atoms with Crippen molar-refractivity contribution < 1.29 is 22.8 Å². The summed E-state index contributed by atoms with van der Waals surface area (Å²) in [6.07, 6.45) is 0.924. The predicted octanol–water partition coefficient (Wildman–Crippen LogP) is 0.700. The summed E-state index contributed by atoms with van der Waals surface area (Å²) in [5.41, 5.74) is 2.46. The minimum atomic E-state index is -3.73. The van der Waals surface area contributed by atoms with Crippen molar-refractivity contribution in [2.24, 2.45) is 4.99 Å². The van der Waals surface area contributed by atoms with Gasteiger partial charge in [0.25, 0.3) is 21.8 Å². The first-order valence-electron chi connectivity index (χ1n) is 9.86. The van der Waals surface area contributed by atoms with Gasteiger partial charge in [0.05, 0.1) is 4.90 Å². The number of hydrogen-bond donors (Lipinski definition) is 3. The number of nitrogens with one attached hydrogen (secondary N) is 3. The van der Waals surface area contributed by atoms with Crippen LogP contribution >= 0.6 is 0 Å². The van der Waals surface area contributed by atoms with Gasteiger partial charge >= 0.3 is 6.03 Å². The molecule has 0 radical (unpaired) electrons. The largest absolute Gasteiger partial charge is 0.344 e. The van der Waals surface area contributed by atoms with E-state index in [4.69, 9.17) is 0 Å². The van der Waals surface area contributed by atoms with Crippen molar-refractivity contribution in [1.29, 1.82) is 0 Å². The highest BCUT2D eigenvalue weighted by atomic mass is 32.2. The van der Waals surface area contributed by atoms with E-state index < -0.39 is 40.0 Å². The molecular weight excluding hydrogens is 434 g/mol. The van der Waals surface area contributed by atoms with Crippen molar-refractivity contribution in [3.8, 4) is 0 Å². The van der Waals surface area contributed by atoms with E-state index in [2.05, 4.69) is 20.5 Å². The van der Waals surface area contributed by atoms with E-state index in [9.17, 15) is 22.8 Å². The molecule has 166 valence electrons. The normalized spacial score (nSPS) is 22.4. The Bertz CT molecular complexity index is 1230. The molecule has 32 heavy (non-hydrogen) atoms. The van der Waals surface area contributed by atoms with Crippen LogP contribution in [0.2, 0.25) is 0 Å². The van der Waals surface area contributed by atoms with Gasteiger partial charge in [-0.1, -0.05) is 42.5 Å². The van der Waals surface area contributed by atoms with E-state index in [0.717, 1.165) is 5.56 Å². The fourth-order valence-electron chi connectivity index (χ4n) is 3.56. The molecule has 4 rings (SSSR count). The predicted molar refractivity (Wildman–Crippen MR) is 115 cm³/mol. The molecule has 2 aliphatic rings. The molecule has 2 aromatic rings. The van der Waals surface area contributed by atoms with Gasteiger partial charge < -0.3 is 5.32 Å². The molecule has 0 saturated carbocycles. The number of rotatable bonds is 6. The summed E-state index contributed by atoms with van der Waals surface area (Å²) in [5.74, 6) is -1.29. The van der Waals surface area contributed by atoms with Crippen LogP contribution in [0.5, 0.6) is 0 Å². The fraction of sp³-hybridized carbons (Fsp3) is 0.238. The van der Waals surface area contributed by atoms with Crippen molar-refractivity contribution in [2.45, 2.75) is 30.2 Å². The van der Waals surface area contributed by atoms with Crippen LogP contribution in [-0.4, -0.2) is 49.2 Å². The van der Waals surface area contributed by atoms with Crippen molar-refractivity contribution in [1.82, 2.24) is 20.5 Å². The molecule has 0 aliphatic carbocycles. The van der Waals surface area contributed by atoms with Crippen LogP contribution in [-0.2, 0) is 26.0 Å². The Hall–Kier alpha value is -3.73. The molecule has 0 spiro atoms. The molecular formula is C21H21N5O5S. The summed E-state index contributed by atoms with van der Waals surface area (Å²) in [7, 11) is -3.73. The zero-order valence-corrected chi connectivity index (χ0v) is 18.0. The number of carbonyl (C=O) groups excluding carboxylic acids is 3. The van der Waals surface area contributed by atoms with Gasteiger partial charge in [0, 0.05) is 5.56 Å². The van der Waals surface area contributed by atoms with E-state index in [-0.39, 0.29) is 10.7 Å². The molecule has 1 atom stereocenters. The third-order valence-corrected chi connectivity index (χ3v) is 6.69. The van der Waals surface area contributed by atoms with Crippen LogP contribution in [0.4, 0.5) is 4.79 Å². The smallest absolute Gasteiger partial charge is 0.322 e. The average molecular weight is 455 g/mol. The van der Waals surface area contributed by atoms with E-state index in [1.165, 1.54) is 6.07 Å². The molecule has 0 aromatic heterocycles. The van der Waals surface area contributed by atoms with Crippen molar-refractivity contribution in [3.63, 3.8) is 0 Å². The molecule has 1 fully saturated rings. The van der Waals surface area contributed by atoms with Crippen LogP contribution in [0.1, 0.15) is 24.5 Å². The SMILES string of the molecule is C[C@]1(CCc2ccccc2)NC(=O)N(NC(=O)CN=C2NS(=O)(=O)c3ccccc32)C1=O. The number of aryl methyl sites for hydroxylation is 1. The molecule has 0 bridgehead atoms. The molecule has 2 aromatic carbocycles. The van der Waals surface area contributed by atoms with Gasteiger partial charge in [-0.15, -0.1) is 0 Å². The maximum absolute atomic E-state index is 12.8. The standard InChI is InChI=1S/C21H21N5O5S/c1-21(12-11-14-7-3-2-4-8-14)19(28)26(20(29)23-21)24-17(27)13-22-18-15-9-5-6-10-16(15)32(30,31)25-18/h2-10H,11-13H2,1H3,(H,22,25)(H,23,29)(H,24,27)/t21-/m1/s1. The van der Waals surface area contributed by atoms with Crippen LogP contribution in [0.25, 0.3) is 0 Å². The Morgan fingerprint density at radius 1 is 1.09 bits per heavy atom. The first-order chi connectivity index (χ1) is 15.2. The van der Waals surface area contributed by atoms with Gasteiger partial charge in [-0.2, -0.15) is 5.01 Å². The Morgan fingerprint density at radius 3 is 2.53 bits per heavy atom. The maximum atomic E-state index is 12.8. The van der Waals surface area contributed by atoms with Gasteiger partial charge in [-0.25, -0.2) is 13.2 Å². The minimum absolute atomic E-state index is 0.0284. The molecule has 1 saturated heterocycles. The lowest BCUT2D eigenvalue weighted by Crippen LogP contribution is -2.49. The summed E-state index contributed by atoms with van der Waals surface area (Å²) >= 11 is 0. The highest BCUT2D eigenvalue weighted by Gasteiger charge is 2.48. The molecule has 11 heteroatoms. The van der Waals surface area contributed by atoms with Crippen LogP contribution < -0.4 is 15.5 Å². The summed E-state index contributed by atoms with van der Waals surface area (Å²) < 4.78 is 26.5. The van der Waals surface area contributed by atoms with Gasteiger partial charge in [0.1, 0.15) is 17.9 Å². The van der Waals surface area contributed by atoms with E-state index in [0.29, 0.717) is 23.4 Å². The van der Waals surface area contributed by atoms with Crippen LogP contribution in [0.3, 0.4) is 0 Å². The number of sulfonamides is 1. The number of amides is 4. The lowest BCUT2D eigenvalue weighted by atomic mass is 9.93.